The molecule has 31 heavy (non-hydrogen) atoms. The molecule has 0 radical (unpaired) electrons. The van der Waals surface area contributed by atoms with Crippen molar-refractivity contribution in [3.05, 3.63) is 34.0 Å². The molecule has 3 rings (SSSR count). The van der Waals surface area contributed by atoms with Crippen molar-refractivity contribution < 1.29 is 32.2 Å². The minimum absolute atomic E-state index is 0.254. The van der Waals surface area contributed by atoms with Crippen molar-refractivity contribution in [2.24, 2.45) is 7.05 Å². The van der Waals surface area contributed by atoms with Gasteiger partial charge in [-0.3, -0.25) is 9.36 Å². The third-order valence-corrected chi connectivity index (χ3v) is 5.27. The summed E-state index contributed by atoms with van der Waals surface area (Å²) < 4.78 is 56.2. The molecule has 1 aliphatic rings. The summed E-state index contributed by atoms with van der Waals surface area (Å²) in [7, 11) is 5.38. The van der Waals surface area contributed by atoms with Gasteiger partial charge in [-0.25, -0.2) is 9.48 Å². The first-order valence-corrected chi connectivity index (χ1v) is 9.44. The molecular formula is C19H23F3N4O5. The summed E-state index contributed by atoms with van der Waals surface area (Å²) in [5.41, 5.74) is -0.510. The molecule has 0 spiro atoms. The highest BCUT2D eigenvalue weighted by atomic mass is 19.4. The molecule has 12 heteroatoms. The fourth-order valence-electron chi connectivity index (χ4n) is 3.64. The van der Waals surface area contributed by atoms with Gasteiger partial charge in [-0.05, 0) is 25.0 Å². The van der Waals surface area contributed by atoms with Gasteiger partial charge in [-0.15, -0.1) is 5.10 Å². The largest absolute Gasteiger partial charge is 0.493 e. The van der Waals surface area contributed by atoms with E-state index >= 15 is 0 Å². The van der Waals surface area contributed by atoms with Crippen LogP contribution in [-0.4, -0.2) is 59.6 Å². The fraction of sp³-hybridized carbons (Fsp3) is 0.526. The second-order valence-corrected chi connectivity index (χ2v) is 7.04. The average Bonchev–Trinajstić information content (AvgIpc) is 3.07. The Bertz CT molecular complexity index is 998. The molecule has 1 saturated heterocycles. The number of rotatable bonds is 5. The van der Waals surface area contributed by atoms with Crippen LogP contribution in [-0.2, 0) is 13.2 Å². The van der Waals surface area contributed by atoms with Crippen LogP contribution in [0.5, 0.6) is 17.2 Å². The van der Waals surface area contributed by atoms with Crippen LogP contribution in [0.25, 0.3) is 0 Å². The molecule has 2 heterocycles. The Morgan fingerprint density at radius 3 is 2.03 bits per heavy atom. The van der Waals surface area contributed by atoms with Crippen molar-refractivity contribution in [2.75, 3.05) is 34.4 Å². The maximum Gasteiger partial charge on any atom is 0.451 e. The number of halogens is 3. The first-order chi connectivity index (χ1) is 14.6. The van der Waals surface area contributed by atoms with Crippen LogP contribution < -0.4 is 19.9 Å². The number of hydrogen-bond acceptors (Lipinski definition) is 6. The second kappa shape index (κ2) is 8.52. The van der Waals surface area contributed by atoms with Gasteiger partial charge in [-0.1, -0.05) is 0 Å². The van der Waals surface area contributed by atoms with E-state index in [-0.39, 0.29) is 19.0 Å². The summed E-state index contributed by atoms with van der Waals surface area (Å²) in [5, 5.41) is 3.49. The van der Waals surface area contributed by atoms with Gasteiger partial charge in [0.05, 0.1) is 27.4 Å². The molecule has 1 aromatic heterocycles. The molecule has 0 unspecified atom stereocenters. The highest BCUT2D eigenvalue weighted by Gasteiger charge is 2.39. The highest BCUT2D eigenvalue weighted by molar-refractivity contribution is 5.95. The Hall–Kier alpha value is -3.18. The van der Waals surface area contributed by atoms with Crippen LogP contribution in [0.1, 0.15) is 35.1 Å². The smallest absolute Gasteiger partial charge is 0.451 e. The van der Waals surface area contributed by atoms with Crippen LogP contribution in [0, 0.1) is 0 Å². The van der Waals surface area contributed by atoms with E-state index in [0.29, 0.717) is 40.2 Å². The minimum Gasteiger partial charge on any atom is -0.493 e. The molecule has 0 saturated carbocycles. The number of nitrogens with zero attached hydrogens (tertiary/aromatic N) is 4. The Morgan fingerprint density at radius 1 is 1.06 bits per heavy atom. The zero-order chi connectivity index (χ0) is 22.9. The number of benzene rings is 1. The number of likely N-dealkylation sites (tertiary alicyclic amines) is 1. The quantitative estimate of drug-likeness (QED) is 0.702. The molecule has 0 N–H and O–H groups in total. The number of carbonyl (C=O) groups excluding carboxylic acids is 1. The minimum atomic E-state index is -4.72. The molecule has 0 aliphatic carbocycles. The number of piperidine rings is 1. The first kappa shape index (κ1) is 22.5. The third kappa shape index (κ3) is 4.19. The molecule has 1 fully saturated rings. The molecular weight excluding hydrogens is 421 g/mol. The monoisotopic (exact) mass is 444 g/mol. The van der Waals surface area contributed by atoms with Crippen LogP contribution >= 0.6 is 0 Å². The predicted molar refractivity (Wildman–Crippen MR) is 103 cm³/mol. The van der Waals surface area contributed by atoms with E-state index in [2.05, 4.69) is 5.10 Å². The summed E-state index contributed by atoms with van der Waals surface area (Å²) in [5.74, 6) is -0.509. The lowest BCUT2D eigenvalue weighted by atomic mass is 10.0. The molecule has 1 aromatic carbocycles. The van der Waals surface area contributed by atoms with Crippen molar-refractivity contribution in [2.45, 2.75) is 25.1 Å². The molecule has 1 aliphatic heterocycles. The highest BCUT2D eigenvalue weighted by Crippen LogP contribution is 2.38. The fourth-order valence-corrected chi connectivity index (χ4v) is 3.64. The summed E-state index contributed by atoms with van der Waals surface area (Å²) in [6.07, 6.45) is -4.13. The van der Waals surface area contributed by atoms with E-state index < -0.39 is 23.7 Å². The number of ether oxygens (including phenoxy) is 3. The lowest BCUT2D eigenvalue weighted by molar-refractivity contribution is -0.147. The Kier molecular flexibility index (Phi) is 6.18. The Morgan fingerprint density at radius 2 is 1.61 bits per heavy atom. The van der Waals surface area contributed by atoms with E-state index in [4.69, 9.17) is 14.2 Å². The number of amides is 1. The maximum absolute atomic E-state index is 13.0. The number of aromatic nitrogens is 3. The van der Waals surface area contributed by atoms with E-state index in [1.54, 1.807) is 4.90 Å². The SMILES string of the molecule is COc1cc(C(=O)N2CCC(n3nc(C(F)(F)F)n(C)c3=O)CC2)cc(OC)c1OC. The molecule has 0 atom stereocenters. The lowest BCUT2D eigenvalue weighted by Crippen LogP contribution is -2.41. The molecule has 1 amide bonds. The zero-order valence-electron chi connectivity index (χ0n) is 17.5. The van der Waals surface area contributed by atoms with Gasteiger partial charge in [0, 0.05) is 25.7 Å². The van der Waals surface area contributed by atoms with E-state index in [0.717, 1.165) is 11.7 Å². The Labute approximate surface area is 175 Å². The van der Waals surface area contributed by atoms with Crippen LogP contribution in [0.2, 0.25) is 0 Å². The Balaban J connectivity index is 1.78. The van der Waals surface area contributed by atoms with E-state index in [1.165, 1.54) is 33.5 Å². The van der Waals surface area contributed by atoms with Crippen LogP contribution in [0.3, 0.4) is 0 Å². The molecule has 2 aromatic rings. The zero-order valence-corrected chi connectivity index (χ0v) is 17.5. The normalized spacial score (nSPS) is 15.1. The maximum atomic E-state index is 13.0. The summed E-state index contributed by atoms with van der Waals surface area (Å²) in [4.78, 5) is 26.8. The lowest BCUT2D eigenvalue weighted by Gasteiger charge is -2.31. The third-order valence-electron chi connectivity index (χ3n) is 5.27. The standard InChI is InChI=1S/C19H23F3N4O5/c1-24-17(19(20,21)22)23-26(18(24)28)12-5-7-25(8-6-12)16(27)11-9-13(29-2)15(31-4)14(10-11)30-3/h9-10,12H,5-8H2,1-4H3. The van der Waals surface area contributed by atoms with Gasteiger partial charge in [0.1, 0.15) is 0 Å². The van der Waals surface area contributed by atoms with Gasteiger partial charge in [-0.2, -0.15) is 13.2 Å². The van der Waals surface area contributed by atoms with Gasteiger partial charge >= 0.3 is 11.9 Å². The second-order valence-electron chi connectivity index (χ2n) is 7.04. The molecule has 170 valence electrons. The van der Waals surface area contributed by atoms with Crippen molar-refractivity contribution in [1.82, 2.24) is 19.2 Å². The average molecular weight is 444 g/mol. The number of methoxy groups -OCH3 is 3. The van der Waals surface area contributed by atoms with Gasteiger partial charge < -0.3 is 19.1 Å². The number of carbonyl (C=O) groups is 1. The van der Waals surface area contributed by atoms with Crippen molar-refractivity contribution in [3.63, 3.8) is 0 Å². The summed E-state index contributed by atoms with van der Waals surface area (Å²) in [6.45, 7) is 0.509. The van der Waals surface area contributed by atoms with Crippen molar-refractivity contribution in [1.29, 1.82) is 0 Å². The summed E-state index contributed by atoms with van der Waals surface area (Å²) >= 11 is 0. The number of alkyl halides is 3. The number of hydrogen-bond donors (Lipinski definition) is 0. The predicted octanol–water partition coefficient (Wildman–Crippen LogP) is 2.10. The van der Waals surface area contributed by atoms with Crippen LogP contribution in [0.4, 0.5) is 13.2 Å². The van der Waals surface area contributed by atoms with E-state index in [1.807, 2.05) is 0 Å². The van der Waals surface area contributed by atoms with Crippen LogP contribution in [0.15, 0.2) is 16.9 Å². The summed E-state index contributed by atoms with van der Waals surface area (Å²) in [6, 6.07) is 2.54. The first-order valence-electron chi connectivity index (χ1n) is 9.44. The van der Waals surface area contributed by atoms with Crippen molar-refractivity contribution >= 4 is 5.91 Å². The topological polar surface area (TPSA) is 87.8 Å². The molecule has 9 nitrogen and oxygen atoms in total. The van der Waals surface area contributed by atoms with Gasteiger partial charge in [0.15, 0.2) is 11.5 Å². The van der Waals surface area contributed by atoms with Gasteiger partial charge in [0.2, 0.25) is 11.6 Å². The van der Waals surface area contributed by atoms with Gasteiger partial charge in [0.25, 0.3) is 5.91 Å². The molecule has 0 bridgehead atoms. The van der Waals surface area contributed by atoms with E-state index in [9.17, 15) is 22.8 Å². The van der Waals surface area contributed by atoms with Crippen molar-refractivity contribution in [3.8, 4) is 17.2 Å².